The Morgan fingerprint density at radius 3 is 1.11 bits per heavy atom. The highest BCUT2D eigenvalue weighted by molar-refractivity contribution is 6.07. The summed E-state index contributed by atoms with van der Waals surface area (Å²) in [5.74, 6) is 0.227. The second kappa shape index (κ2) is 15.0. The number of hydrogen-bond acceptors (Lipinski definition) is 3. The van der Waals surface area contributed by atoms with E-state index in [0.29, 0.717) is 31.5 Å². The summed E-state index contributed by atoms with van der Waals surface area (Å²) in [4.78, 5) is 35.4. The fourth-order valence-corrected chi connectivity index (χ4v) is 7.46. The Labute approximate surface area is 267 Å². The van der Waals surface area contributed by atoms with Gasteiger partial charge in [-0.15, -0.1) is 0 Å². The van der Waals surface area contributed by atoms with Gasteiger partial charge in [-0.25, -0.2) is 4.79 Å². The van der Waals surface area contributed by atoms with Crippen LogP contribution in [0.15, 0.2) is 121 Å². The molecule has 1 heterocycles. The predicted molar refractivity (Wildman–Crippen MR) is 173 cm³/mol. The van der Waals surface area contributed by atoms with Crippen molar-refractivity contribution < 1.29 is 28.2 Å². The number of carbonyl (C=O) groups excluding carboxylic acids is 3. The highest BCUT2D eigenvalue weighted by atomic mass is 20.0. The van der Waals surface area contributed by atoms with Crippen LogP contribution >= 0.6 is 0 Å². The summed E-state index contributed by atoms with van der Waals surface area (Å²) in [6.45, 7) is 0. The van der Waals surface area contributed by atoms with Crippen molar-refractivity contribution in [2.45, 2.75) is 67.7 Å². The topological polar surface area (TPSA) is 75.3 Å². The Hall–Kier alpha value is -4.72. The lowest BCUT2D eigenvalue weighted by Gasteiger charge is -2.44. The summed E-state index contributed by atoms with van der Waals surface area (Å²) in [6, 6.07) is 41.9. The smallest absolute Gasteiger partial charge is 0.322 e. The van der Waals surface area contributed by atoms with Crippen molar-refractivity contribution in [2.24, 2.45) is 0 Å². The highest BCUT2D eigenvalue weighted by Gasteiger charge is 2.52. The quantitative estimate of drug-likeness (QED) is 0.224. The Kier molecular flexibility index (Phi) is 11.2. The van der Waals surface area contributed by atoms with E-state index in [0.717, 1.165) is 25.7 Å². The van der Waals surface area contributed by atoms with Gasteiger partial charge in [-0.05, 0) is 60.8 Å². The van der Waals surface area contributed by atoms with Gasteiger partial charge in [0.2, 0.25) is 0 Å². The van der Waals surface area contributed by atoms with Gasteiger partial charge in [0.1, 0.15) is 11.3 Å². The number of urea groups is 1. The number of imide groups is 1. The number of halogens is 3. The van der Waals surface area contributed by atoms with Crippen LogP contribution in [0.25, 0.3) is 0 Å². The van der Waals surface area contributed by atoms with Crippen molar-refractivity contribution in [1.82, 2.24) is 10.6 Å². The number of ketones is 1. The molecule has 2 N–H and O–H groups in total. The molecule has 2 aliphatic carbocycles. The molecule has 5 nitrogen and oxygen atoms in total. The molecule has 0 radical (unpaired) electrons. The predicted octanol–water partition coefficient (Wildman–Crippen LogP) is 8.23. The third-order valence-corrected chi connectivity index (χ3v) is 9.94. The number of nitrogens with one attached hydrogen (secondary N) is 2. The number of benzene rings is 4. The van der Waals surface area contributed by atoms with Crippen LogP contribution in [0.4, 0.5) is 18.6 Å². The van der Waals surface area contributed by atoms with E-state index < -0.39 is 5.54 Å². The molecule has 0 aromatic heterocycles. The van der Waals surface area contributed by atoms with Crippen molar-refractivity contribution >= 4 is 17.7 Å². The second-order valence-corrected chi connectivity index (χ2v) is 12.2. The molecule has 0 atom stereocenters. The maximum Gasteiger partial charge on any atom is 0.322 e. The molecule has 3 fully saturated rings. The molecule has 7 rings (SSSR count). The van der Waals surface area contributed by atoms with Gasteiger partial charge in [0.05, 0.1) is 0 Å². The summed E-state index contributed by atoms with van der Waals surface area (Å²) in [6.07, 6.45) is 6.21. The molecule has 3 aliphatic rings. The van der Waals surface area contributed by atoms with Crippen molar-refractivity contribution in [1.29, 1.82) is 0 Å². The lowest BCUT2D eigenvalue weighted by molar-refractivity contribution is -0.125. The third-order valence-electron chi connectivity index (χ3n) is 9.94. The van der Waals surface area contributed by atoms with Crippen LogP contribution in [0.3, 0.4) is 0 Å². The van der Waals surface area contributed by atoms with Gasteiger partial charge in [0.15, 0.2) is 0 Å². The highest BCUT2D eigenvalue weighted by Crippen LogP contribution is 2.48. The molecule has 2 saturated carbocycles. The Balaban J connectivity index is 0.000000199. The molecule has 4 aromatic rings. The first-order chi connectivity index (χ1) is 22.0. The normalized spacial score (nSPS) is 18.8. The molecule has 3 amide bonds. The largest absolute Gasteiger partial charge is 0.323 e. The van der Waals surface area contributed by atoms with Crippen molar-refractivity contribution in [3.63, 3.8) is 0 Å². The first-order valence-electron chi connectivity index (χ1n) is 15.5. The van der Waals surface area contributed by atoms with Crippen LogP contribution in [0.2, 0.25) is 0 Å². The molecule has 1 saturated heterocycles. The minimum absolute atomic E-state index is 0. The Morgan fingerprint density at radius 1 is 0.478 bits per heavy atom. The first-order valence-corrected chi connectivity index (χ1v) is 15.5. The van der Waals surface area contributed by atoms with Crippen molar-refractivity contribution in [3.05, 3.63) is 144 Å². The van der Waals surface area contributed by atoms with Gasteiger partial charge in [-0.3, -0.25) is 19.6 Å². The van der Waals surface area contributed by atoms with Crippen LogP contribution < -0.4 is 10.6 Å². The molecular weight excluding hydrogens is 589 g/mol. The van der Waals surface area contributed by atoms with Crippen LogP contribution in [0.5, 0.6) is 0 Å². The summed E-state index contributed by atoms with van der Waals surface area (Å²) >= 11 is 0. The summed E-state index contributed by atoms with van der Waals surface area (Å²) in [7, 11) is 0. The van der Waals surface area contributed by atoms with Crippen LogP contribution in [0, 0.1) is 0 Å². The SMILES string of the molecule is F.FF.O=C1CCC(c2ccccc2)(c2ccccc2)CC1.O=C1NC(=O)C2(CCC(c3ccccc3)(c3ccccc3)CC2)N1. The summed E-state index contributed by atoms with van der Waals surface area (Å²) < 4.78 is 16.0. The third kappa shape index (κ3) is 6.76. The monoisotopic (exact) mass is 628 g/mol. The van der Waals surface area contributed by atoms with Gasteiger partial charge >= 0.3 is 6.03 Å². The van der Waals surface area contributed by atoms with E-state index in [2.05, 4.69) is 120 Å². The fraction of sp³-hybridized carbons (Fsp3) is 0.289. The molecule has 1 spiro atoms. The second-order valence-electron chi connectivity index (χ2n) is 12.2. The molecule has 240 valence electrons. The number of amides is 3. The Bertz CT molecular complexity index is 1480. The van der Waals surface area contributed by atoms with Crippen molar-refractivity contribution in [2.75, 3.05) is 0 Å². The van der Waals surface area contributed by atoms with E-state index >= 15 is 0 Å². The lowest BCUT2D eigenvalue weighted by Crippen LogP contribution is -2.52. The van der Waals surface area contributed by atoms with E-state index in [1.165, 1.54) is 22.3 Å². The van der Waals surface area contributed by atoms with Crippen LogP contribution in [-0.2, 0) is 20.4 Å². The van der Waals surface area contributed by atoms with Gasteiger partial charge in [0.25, 0.3) is 5.91 Å². The summed E-state index contributed by atoms with van der Waals surface area (Å²) in [5.41, 5.74) is 4.41. The first kappa shape index (κ1) is 34.2. The van der Waals surface area contributed by atoms with E-state index in [1.807, 2.05) is 12.1 Å². The zero-order chi connectivity index (χ0) is 31.8. The molecule has 4 aromatic carbocycles. The van der Waals surface area contributed by atoms with E-state index in [1.54, 1.807) is 0 Å². The number of carbonyl (C=O) groups is 3. The number of hydrogen-bond donors (Lipinski definition) is 2. The zero-order valence-corrected chi connectivity index (χ0v) is 25.6. The molecule has 46 heavy (non-hydrogen) atoms. The molecule has 8 heteroatoms. The van der Waals surface area contributed by atoms with Crippen LogP contribution in [-0.4, -0.2) is 23.3 Å². The van der Waals surface area contributed by atoms with Crippen molar-refractivity contribution in [3.8, 4) is 0 Å². The average molecular weight is 629 g/mol. The number of Topliss-reactive ketones (excluding diaryl/α,β-unsaturated/α-hetero) is 1. The van der Waals surface area contributed by atoms with Gasteiger partial charge in [0, 0.05) is 32.8 Å². The molecule has 0 unspecified atom stereocenters. The van der Waals surface area contributed by atoms with Gasteiger partial charge in [-0.1, -0.05) is 121 Å². The zero-order valence-electron chi connectivity index (χ0n) is 25.6. The number of rotatable bonds is 4. The van der Waals surface area contributed by atoms with E-state index in [4.69, 9.17) is 9.15 Å². The van der Waals surface area contributed by atoms with Gasteiger partial charge < -0.3 is 5.32 Å². The van der Waals surface area contributed by atoms with E-state index in [9.17, 15) is 14.4 Å². The average Bonchev–Trinajstić information content (AvgIpc) is 3.40. The molecular formula is C38H39F3N2O3. The summed E-state index contributed by atoms with van der Waals surface area (Å²) in [5, 5.41) is 5.26. The Morgan fingerprint density at radius 2 is 0.804 bits per heavy atom. The van der Waals surface area contributed by atoms with Gasteiger partial charge in [-0.2, -0.15) is 0 Å². The maximum atomic E-state index is 12.3. The fourth-order valence-electron chi connectivity index (χ4n) is 7.46. The maximum absolute atomic E-state index is 12.3. The standard InChI is InChI=1S/C20H20N2O2.C18H18O.F2.FH/c23-17-20(22-18(24)21-17)13-11-19(12-14-20,15-7-3-1-4-8-15)16-9-5-2-6-10-16;19-17-11-13-18(14-12-17,15-7-3-1-4-8-15)16-9-5-2-6-10-16;1-2;/h1-10H,11-14H2,(H2,21,22,23,24);1-10H,11-14H2;;1H. The lowest BCUT2D eigenvalue weighted by atomic mass is 9.61. The molecule has 1 aliphatic heterocycles. The minimum Gasteiger partial charge on any atom is -0.323 e. The van der Waals surface area contributed by atoms with E-state index in [-0.39, 0.29) is 27.5 Å². The molecule has 0 bridgehead atoms. The minimum atomic E-state index is -0.732. The van der Waals surface area contributed by atoms with Crippen LogP contribution in [0.1, 0.15) is 73.6 Å².